The van der Waals surface area contributed by atoms with Crippen LogP contribution in [0.25, 0.3) is 10.9 Å². The highest BCUT2D eigenvalue weighted by atomic mass is 16.5. The van der Waals surface area contributed by atoms with Gasteiger partial charge in [-0.05, 0) is 25.0 Å². The number of benzene rings is 1. The highest BCUT2D eigenvalue weighted by molar-refractivity contribution is 5.85. The van der Waals surface area contributed by atoms with Crippen molar-refractivity contribution in [3.05, 3.63) is 35.5 Å². The SMILES string of the molecule is CCOC(=O)CC1OCCc2c1[nH]c1ccccc21. The lowest BCUT2D eigenvalue weighted by Crippen LogP contribution is -2.19. The minimum absolute atomic E-state index is 0.209. The molecule has 1 aliphatic rings. The number of aromatic nitrogens is 1. The Bertz CT molecular complexity index is 602. The molecule has 0 radical (unpaired) electrons. The minimum atomic E-state index is -0.213. The molecule has 0 bridgehead atoms. The number of para-hydroxylation sites is 1. The number of H-pyrrole nitrogens is 1. The highest BCUT2D eigenvalue weighted by Gasteiger charge is 2.27. The van der Waals surface area contributed by atoms with Crippen molar-refractivity contribution < 1.29 is 14.3 Å². The van der Waals surface area contributed by atoms with E-state index < -0.39 is 0 Å². The number of esters is 1. The molecule has 100 valence electrons. The van der Waals surface area contributed by atoms with Crippen LogP contribution in [0.1, 0.15) is 30.7 Å². The first kappa shape index (κ1) is 12.2. The Balaban J connectivity index is 1.93. The first-order valence-corrected chi connectivity index (χ1v) is 6.66. The number of aromatic amines is 1. The summed E-state index contributed by atoms with van der Waals surface area (Å²) in [6, 6.07) is 8.20. The Morgan fingerprint density at radius 1 is 1.47 bits per heavy atom. The molecule has 0 fully saturated rings. The Morgan fingerprint density at radius 3 is 3.16 bits per heavy atom. The zero-order valence-corrected chi connectivity index (χ0v) is 10.9. The van der Waals surface area contributed by atoms with Gasteiger partial charge in [-0.1, -0.05) is 18.2 Å². The molecular formula is C15H17NO3. The lowest BCUT2D eigenvalue weighted by Gasteiger charge is -2.22. The maximum Gasteiger partial charge on any atom is 0.308 e. The zero-order chi connectivity index (χ0) is 13.2. The summed E-state index contributed by atoms with van der Waals surface area (Å²) < 4.78 is 10.7. The summed E-state index contributed by atoms with van der Waals surface area (Å²) in [7, 11) is 0. The van der Waals surface area contributed by atoms with Crippen molar-refractivity contribution in [1.82, 2.24) is 4.98 Å². The maximum absolute atomic E-state index is 11.6. The second kappa shape index (κ2) is 5.05. The predicted octanol–water partition coefficient (Wildman–Crippen LogP) is 2.73. The van der Waals surface area contributed by atoms with Crippen molar-refractivity contribution in [3.63, 3.8) is 0 Å². The fraction of sp³-hybridized carbons (Fsp3) is 0.400. The fourth-order valence-corrected chi connectivity index (χ4v) is 2.68. The van der Waals surface area contributed by atoms with E-state index in [0.29, 0.717) is 13.2 Å². The Kier molecular flexibility index (Phi) is 3.25. The van der Waals surface area contributed by atoms with Crippen LogP contribution in [-0.4, -0.2) is 24.2 Å². The van der Waals surface area contributed by atoms with Crippen molar-refractivity contribution in [2.75, 3.05) is 13.2 Å². The lowest BCUT2D eigenvalue weighted by molar-refractivity contribution is -0.146. The normalized spacial score (nSPS) is 18.3. The van der Waals surface area contributed by atoms with Crippen molar-refractivity contribution >= 4 is 16.9 Å². The van der Waals surface area contributed by atoms with Crippen LogP contribution in [0.2, 0.25) is 0 Å². The molecule has 4 nitrogen and oxygen atoms in total. The van der Waals surface area contributed by atoms with Gasteiger partial charge in [0.25, 0.3) is 0 Å². The van der Waals surface area contributed by atoms with E-state index in [1.807, 2.05) is 19.1 Å². The molecule has 1 atom stereocenters. The van der Waals surface area contributed by atoms with E-state index in [9.17, 15) is 4.79 Å². The first-order valence-electron chi connectivity index (χ1n) is 6.66. The largest absolute Gasteiger partial charge is 0.466 e. The first-order chi connectivity index (χ1) is 9.29. The standard InChI is InChI=1S/C15H17NO3/c1-2-18-14(17)9-13-15-11(7-8-19-13)10-5-3-4-6-12(10)16-15/h3-6,13,16H,2,7-9H2,1H3. The fourth-order valence-electron chi connectivity index (χ4n) is 2.68. The number of carbonyl (C=O) groups excluding carboxylic acids is 1. The monoisotopic (exact) mass is 259 g/mol. The minimum Gasteiger partial charge on any atom is -0.466 e. The Hall–Kier alpha value is -1.81. The molecule has 2 aromatic rings. The summed E-state index contributed by atoms with van der Waals surface area (Å²) in [6.07, 6.45) is 0.946. The third-order valence-corrected chi connectivity index (χ3v) is 3.50. The van der Waals surface area contributed by atoms with E-state index in [1.165, 1.54) is 10.9 Å². The molecule has 0 saturated carbocycles. The summed E-state index contributed by atoms with van der Waals surface area (Å²) >= 11 is 0. The predicted molar refractivity (Wildman–Crippen MR) is 71.9 cm³/mol. The summed E-state index contributed by atoms with van der Waals surface area (Å²) in [5.41, 5.74) is 3.41. The molecule has 1 N–H and O–H groups in total. The van der Waals surface area contributed by atoms with Gasteiger partial charge in [-0.15, -0.1) is 0 Å². The van der Waals surface area contributed by atoms with Gasteiger partial charge < -0.3 is 14.5 Å². The quantitative estimate of drug-likeness (QED) is 0.862. The molecular weight excluding hydrogens is 242 g/mol. The molecule has 1 unspecified atom stereocenters. The van der Waals surface area contributed by atoms with Crippen LogP contribution in [0.3, 0.4) is 0 Å². The molecule has 0 saturated heterocycles. The second-order valence-corrected chi connectivity index (χ2v) is 4.68. The van der Waals surface area contributed by atoms with Gasteiger partial charge in [0.1, 0.15) is 6.10 Å². The van der Waals surface area contributed by atoms with E-state index >= 15 is 0 Å². The van der Waals surface area contributed by atoms with E-state index in [-0.39, 0.29) is 18.5 Å². The number of fused-ring (bicyclic) bond motifs is 3. The summed E-state index contributed by atoms with van der Waals surface area (Å²) in [4.78, 5) is 15.0. The number of rotatable bonds is 3. The molecule has 0 aliphatic carbocycles. The molecule has 1 aromatic heterocycles. The molecule has 2 heterocycles. The third kappa shape index (κ3) is 2.24. The van der Waals surface area contributed by atoms with Crippen molar-refractivity contribution in [1.29, 1.82) is 0 Å². The van der Waals surface area contributed by atoms with E-state index in [2.05, 4.69) is 17.1 Å². The number of hydrogen-bond donors (Lipinski definition) is 1. The lowest BCUT2D eigenvalue weighted by atomic mass is 10.0. The van der Waals surface area contributed by atoms with E-state index in [0.717, 1.165) is 17.6 Å². The summed E-state index contributed by atoms with van der Waals surface area (Å²) in [6.45, 7) is 2.87. The van der Waals surface area contributed by atoms with Gasteiger partial charge in [-0.25, -0.2) is 0 Å². The Morgan fingerprint density at radius 2 is 2.32 bits per heavy atom. The zero-order valence-electron chi connectivity index (χ0n) is 10.9. The molecule has 1 aliphatic heterocycles. The summed E-state index contributed by atoms with van der Waals surface area (Å²) in [5, 5.41) is 1.23. The van der Waals surface area contributed by atoms with Crippen molar-refractivity contribution in [3.8, 4) is 0 Å². The van der Waals surface area contributed by atoms with Crippen LogP contribution < -0.4 is 0 Å². The molecule has 0 spiro atoms. The van der Waals surface area contributed by atoms with Gasteiger partial charge in [0.2, 0.25) is 0 Å². The number of carbonyl (C=O) groups is 1. The average molecular weight is 259 g/mol. The van der Waals surface area contributed by atoms with Crippen LogP contribution in [0.4, 0.5) is 0 Å². The molecule has 0 amide bonds. The van der Waals surface area contributed by atoms with Crippen molar-refractivity contribution in [2.24, 2.45) is 0 Å². The smallest absolute Gasteiger partial charge is 0.308 e. The van der Waals surface area contributed by atoms with Crippen LogP contribution in [0, 0.1) is 0 Å². The van der Waals surface area contributed by atoms with Crippen LogP contribution in [-0.2, 0) is 20.7 Å². The highest BCUT2D eigenvalue weighted by Crippen LogP contribution is 2.34. The molecule has 1 aromatic carbocycles. The van der Waals surface area contributed by atoms with Gasteiger partial charge in [-0.3, -0.25) is 4.79 Å². The van der Waals surface area contributed by atoms with Crippen LogP contribution in [0.15, 0.2) is 24.3 Å². The second-order valence-electron chi connectivity index (χ2n) is 4.68. The average Bonchev–Trinajstić information content (AvgIpc) is 2.79. The van der Waals surface area contributed by atoms with Gasteiger partial charge in [0.15, 0.2) is 0 Å². The van der Waals surface area contributed by atoms with E-state index in [4.69, 9.17) is 9.47 Å². The number of ether oxygens (including phenoxy) is 2. The van der Waals surface area contributed by atoms with Gasteiger partial charge in [0, 0.05) is 16.6 Å². The van der Waals surface area contributed by atoms with Gasteiger partial charge in [-0.2, -0.15) is 0 Å². The molecule has 4 heteroatoms. The number of nitrogens with one attached hydrogen (secondary N) is 1. The van der Waals surface area contributed by atoms with Gasteiger partial charge >= 0.3 is 5.97 Å². The third-order valence-electron chi connectivity index (χ3n) is 3.50. The van der Waals surface area contributed by atoms with Gasteiger partial charge in [0.05, 0.1) is 19.6 Å². The Labute approximate surface area is 111 Å². The molecule has 3 rings (SSSR count). The van der Waals surface area contributed by atoms with E-state index in [1.54, 1.807) is 0 Å². The van der Waals surface area contributed by atoms with Crippen LogP contribution in [0.5, 0.6) is 0 Å². The molecule has 19 heavy (non-hydrogen) atoms. The number of hydrogen-bond acceptors (Lipinski definition) is 3. The maximum atomic E-state index is 11.6. The van der Waals surface area contributed by atoms with Crippen LogP contribution >= 0.6 is 0 Å². The summed E-state index contributed by atoms with van der Waals surface area (Å²) in [5.74, 6) is -0.209. The topological polar surface area (TPSA) is 51.3 Å². The van der Waals surface area contributed by atoms with Crippen molar-refractivity contribution in [2.45, 2.75) is 25.9 Å².